The van der Waals surface area contributed by atoms with E-state index in [0.717, 1.165) is 16.7 Å². The summed E-state index contributed by atoms with van der Waals surface area (Å²) < 4.78 is 0. The molecule has 1 aliphatic rings. The Bertz CT molecular complexity index is 1300. The summed E-state index contributed by atoms with van der Waals surface area (Å²) in [6.07, 6.45) is 0. The summed E-state index contributed by atoms with van der Waals surface area (Å²) in [5, 5.41) is 11.1. The third-order valence-corrected chi connectivity index (χ3v) is 5.93. The van der Waals surface area contributed by atoms with Gasteiger partial charge in [0.15, 0.2) is 0 Å². The largest absolute Gasteiger partial charge is 0.362 e. The van der Waals surface area contributed by atoms with Crippen molar-refractivity contribution < 1.29 is 14.5 Å². The van der Waals surface area contributed by atoms with Gasteiger partial charge in [0.05, 0.1) is 16.2 Å². The number of non-ortho nitro benzene ring substituents is 1. The Balaban J connectivity index is 1.85. The van der Waals surface area contributed by atoms with Crippen LogP contribution in [-0.4, -0.2) is 28.2 Å². The summed E-state index contributed by atoms with van der Waals surface area (Å²) in [5.74, 6) is -0.838. The topological polar surface area (TPSA) is 83.8 Å². The van der Waals surface area contributed by atoms with Crippen molar-refractivity contribution >= 4 is 28.8 Å². The highest BCUT2D eigenvalue weighted by molar-refractivity contribution is 6.45. The maximum absolute atomic E-state index is 13.8. The number of likely N-dealkylation sites (N-methyl/N-ethyl adjacent to an activating group) is 1. The molecule has 7 nitrogen and oxygen atoms in total. The number of nitro groups is 1. The molecule has 0 aromatic heterocycles. The predicted molar refractivity (Wildman–Crippen MR) is 131 cm³/mol. The minimum Gasteiger partial charge on any atom is -0.362 e. The molecule has 0 bridgehead atoms. The second kappa shape index (κ2) is 9.31. The van der Waals surface area contributed by atoms with Gasteiger partial charge in [0.2, 0.25) is 0 Å². The second-order valence-corrected chi connectivity index (χ2v) is 8.26. The first-order valence-corrected chi connectivity index (χ1v) is 11.1. The SMILES string of the molecule is CCN(Cc1ccccc1)C1=C(c2ccc([N+](=O)[O-])cc2)C(=O)N(c2ccc(C)cc2C)C1=O. The van der Waals surface area contributed by atoms with Gasteiger partial charge in [-0.05, 0) is 55.7 Å². The number of nitro benzene ring substituents is 1. The van der Waals surface area contributed by atoms with Gasteiger partial charge in [-0.15, -0.1) is 0 Å². The summed E-state index contributed by atoms with van der Waals surface area (Å²) in [6.45, 7) is 6.70. The summed E-state index contributed by atoms with van der Waals surface area (Å²) >= 11 is 0. The van der Waals surface area contributed by atoms with Crippen LogP contribution in [0.5, 0.6) is 0 Å². The van der Waals surface area contributed by atoms with E-state index in [9.17, 15) is 19.7 Å². The molecule has 1 aliphatic heterocycles. The first-order chi connectivity index (χ1) is 16.3. The van der Waals surface area contributed by atoms with Gasteiger partial charge < -0.3 is 4.90 Å². The third kappa shape index (κ3) is 4.20. The van der Waals surface area contributed by atoms with E-state index in [4.69, 9.17) is 0 Å². The van der Waals surface area contributed by atoms with Crippen LogP contribution in [0.15, 0.2) is 78.5 Å². The molecule has 0 fully saturated rings. The van der Waals surface area contributed by atoms with Crippen molar-refractivity contribution in [2.45, 2.75) is 27.3 Å². The van der Waals surface area contributed by atoms with Gasteiger partial charge in [-0.25, -0.2) is 4.90 Å². The van der Waals surface area contributed by atoms with Crippen LogP contribution < -0.4 is 4.90 Å². The fourth-order valence-electron chi connectivity index (χ4n) is 4.25. The van der Waals surface area contributed by atoms with Gasteiger partial charge in [-0.3, -0.25) is 19.7 Å². The highest BCUT2D eigenvalue weighted by Crippen LogP contribution is 2.37. The lowest BCUT2D eigenvalue weighted by molar-refractivity contribution is -0.384. The maximum atomic E-state index is 13.8. The quantitative estimate of drug-likeness (QED) is 0.284. The van der Waals surface area contributed by atoms with Crippen molar-refractivity contribution in [2.24, 2.45) is 0 Å². The molecule has 172 valence electrons. The third-order valence-electron chi connectivity index (χ3n) is 5.93. The number of nitrogens with zero attached hydrogens (tertiary/aromatic N) is 3. The van der Waals surface area contributed by atoms with Crippen LogP contribution in [0.2, 0.25) is 0 Å². The lowest BCUT2D eigenvalue weighted by atomic mass is 10.0. The Kier molecular flexibility index (Phi) is 6.27. The summed E-state index contributed by atoms with van der Waals surface area (Å²) in [5.41, 5.74) is 4.32. The molecular formula is C27H25N3O4. The standard InChI is InChI=1S/C27H25N3O4/c1-4-28(17-20-8-6-5-7-9-20)25-24(21-11-13-22(14-12-21)30(33)34)26(31)29(27(25)32)23-15-10-18(2)16-19(23)3/h5-16H,4,17H2,1-3H3. The van der Waals surface area contributed by atoms with E-state index in [1.165, 1.54) is 29.2 Å². The second-order valence-electron chi connectivity index (χ2n) is 8.26. The van der Waals surface area contributed by atoms with E-state index in [1.807, 2.05) is 68.1 Å². The number of benzene rings is 3. The van der Waals surface area contributed by atoms with Crippen molar-refractivity contribution in [3.05, 3.63) is 111 Å². The van der Waals surface area contributed by atoms with Crippen LogP contribution in [0.1, 0.15) is 29.2 Å². The first-order valence-electron chi connectivity index (χ1n) is 11.1. The average Bonchev–Trinajstić information content (AvgIpc) is 3.08. The summed E-state index contributed by atoms with van der Waals surface area (Å²) in [4.78, 5) is 41.3. The van der Waals surface area contributed by atoms with Gasteiger partial charge in [-0.1, -0.05) is 48.0 Å². The molecule has 0 spiro atoms. The molecule has 0 saturated heterocycles. The van der Waals surface area contributed by atoms with Crippen LogP contribution >= 0.6 is 0 Å². The molecule has 0 saturated carbocycles. The van der Waals surface area contributed by atoms with E-state index in [-0.39, 0.29) is 11.3 Å². The molecular weight excluding hydrogens is 430 g/mol. The number of carbonyl (C=O) groups is 2. The molecule has 0 N–H and O–H groups in total. The first kappa shape index (κ1) is 22.9. The van der Waals surface area contributed by atoms with Gasteiger partial charge in [-0.2, -0.15) is 0 Å². The van der Waals surface area contributed by atoms with E-state index < -0.39 is 16.7 Å². The number of anilines is 1. The molecule has 0 aliphatic carbocycles. The van der Waals surface area contributed by atoms with Crippen molar-refractivity contribution in [1.29, 1.82) is 0 Å². The Morgan fingerprint density at radius 2 is 1.59 bits per heavy atom. The molecule has 7 heteroatoms. The van der Waals surface area contributed by atoms with Crippen LogP contribution in [-0.2, 0) is 16.1 Å². The van der Waals surface area contributed by atoms with Crippen molar-refractivity contribution in [3.8, 4) is 0 Å². The molecule has 0 unspecified atom stereocenters. The molecule has 4 rings (SSSR count). The van der Waals surface area contributed by atoms with E-state index in [2.05, 4.69) is 0 Å². The van der Waals surface area contributed by atoms with Gasteiger partial charge >= 0.3 is 0 Å². The number of rotatable bonds is 7. The predicted octanol–water partition coefficient (Wildman–Crippen LogP) is 5.02. The average molecular weight is 456 g/mol. The summed E-state index contributed by atoms with van der Waals surface area (Å²) in [6, 6.07) is 21.1. The zero-order chi connectivity index (χ0) is 24.4. The van der Waals surface area contributed by atoms with Crippen LogP contribution in [0.3, 0.4) is 0 Å². The molecule has 1 heterocycles. The normalized spacial score (nSPS) is 13.6. The molecule has 0 atom stereocenters. The lowest BCUT2D eigenvalue weighted by Gasteiger charge is -2.25. The Morgan fingerprint density at radius 3 is 2.18 bits per heavy atom. The Morgan fingerprint density at radius 1 is 0.912 bits per heavy atom. The van der Waals surface area contributed by atoms with Crippen molar-refractivity contribution in [3.63, 3.8) is 0 Å². The van der Waals surface area contributed by atoms with Crippen LogP contribution in [0, 0.1) is 24.0 Å². The minimum atomic E-state index is -0.490. The van der Waals surface area contributed by atoms with Crippen LogP contribution in [0.25, 0.3) is 5.57 Å². The van der Waals surface area contributed by atoms with Crippen molar-refractivity contribution in [2.75, 3.05) is 11.4 Å². The molecule has 34 heavy (non-hydrogen) atoms. The monoisotopic (exact) mass is 455 g/mol. The molecule has 0 radical (unpaired) electrons. The van der Waals surface area contributed by atoms with E-state index in [0.29, 0.717) is 30.0 Å². The number of hydrogen-bond donors (Lipinski definition) is 0. The smallest absolute Gasteiger partial charge is 0.282 e. The Hall–Kier alpha value is -4.26. The maximum Gasteiger partial charge on any atom is 0.282 e. The van der Waals surface area contributed by atoms with E-state index in [1.54, 1.807) is 6.07 Å². The fourth-order valence-corrected chi connectivity index (χ4v) is 4.25. The Labute approximate surface area is 198 Å². The van der Waals surface area contributed by atoms with E-state index >= 15 is 0 Å². The number of hydrogen-bond acceptors (Lipinski definition) is 5. The summed E-state index contributed by atoms with van der Waals surface area (Å²) in [7, 11) is 0. The van der Waals surface area contributed by atoms with Gasteiger partial charge in [0, 0.05) is 25.2 Å². The van der Waals surface area contributed by atoms with Crippen molar-refractivity contribution in [1.82, 2.24) is 4.90 Å². The zero-order valence-electron chi connectivity index (χ0n) is 19.3. The zero-order valence-corrected chi connectivity index (χ0v) is 19.3. The lowest BCUT2D eigenvalue weighted by Crippen LogP contribution is -2.35. The number of aryl methyl sites for hydroxylation is 2. The van der Waals surface area contributed by atoms with Crippen LogP contribution in [0.4, 0.5) is 11.4 Å². The number of amides is 2. The highest BCUT2D eigenvalue weighted by atomic mass is 16.6. The minimum absolute atomic E-state index is 0.0782. The molecule has 3 aromatic rings. The van der Waals surface area contributed by atoms with Gasteiger partial charge in [0.25, 0.3) is 17.5 Å². The number of imide groups is 1. The molecule has 2 amide bonds. The van der Waals surface area contributed by atoms with Gasteiger partial charge in [0.1, 0.15) is 5.70 Å². The fraction of sp³-hybridized carbons (Fsp3) is 0.185. The molecule has 3 aromatic carbocycles. The number of carbonyl (C=O) groups excluding carboxylic acids is 2. The highest BCUT2D eigenvalue weighted by Gasteiger charge is 2.42.